The van der Waals surface area contributed by atoms with Crippen LogP contribution in [0.1, 0.15) is 42.9 Å². The van der Waals surface area contributed by atoms with Crippen LogP contribution in [-0.2, 0) is 4.79 Å². The van der Waals surface area contributed by atoms with Gasteiger partial charge in [-0.25, -0.2) is 0 Å². The van der Waals surface area contributed by atoms with Crippen LogP contribution >= 0.6 is 0 Å². The first kappa shape index (κ1) is 16.5. The van der Waals surface area contributed by atoms with Gasteiger partial charge in [0.2, 0.25) is 5.91 Å². The van der Waals surface area contributed by atoms with Crippen molar-refractivity contribution in [3.63, 3.8) is 0 Å². The van der Waals surface area contributed by atoms with Gasteiger partial charge in [-0.2, -0.15) is 0 Å². The summed E-state index contributed by atoms with van der Waals surface area (Å²) in [6.45, 7) is 6.43. The van der Waals surface area contributed by atoms with Crippen LogP contribution in [-0.4, -0.2) is 53.5 Å². The fraction of sp³-hybridized carbons (Fsp3) is 0.632. The molecule has 4 nitrogen and oxygen atoms in total. The molecule has 0 spiro atoms. The molecule has 0 radical (unpaired) electrons. The highest BCUT2D eigenvalue weighted by molar-refractivity contribution is 5.79. The van der Waals surface area contributed by atoms with Crippen LogP contribution < -0.4 is 0 Å². The first-order chi connectivity index (χ1) is 11.1. The highest BCUT2D eigenvalue weighted by Gasteiger charge is 2.30. The summed E-state index contributed by atoms with van der Waals surface area (Å²) in [5, 5.41) is 10.4. The number of hydrogen-bond acceptors (Lipinski definition) is 3. The molecular formula is C19H28N2O2. The number of aryl methyl sites for hydroxylation is 1. The van der Waals surface area contributed by atoms with Gasteiger partial charge >= 0.3 is 0 Å². The number of piperidine rings is 1. The molecule has 2 aliphatic rings. The predicted octanol–water partition coefficient (Wildman–Crippen LogP) is 2.36. The molecule has 0 bridgehead atoms. The lowest BCUT2D eigenvalue weighted by molar-refractivity contribution is -0.136. The van der Waals surface area contributed by atoms with Crippen molar-refractivity contribution in [3.8, 4) is 0 Å². The van der Waals surface area contributed by atoms with Gasteiger partial charge in [0.1, 0.15) is 0 Å². The van der Waals surface area contributed by atoms with Crippen LogP contribution in [0.4, 0.5) is 0 Å². The Morgan fingerprint density at radius 1 is 1.13 bits per heavy atom. The quantitative estimate of drug-likeness (QED) is 0.927. The van der Waals surface area contributed by atoms with Gasteiger partial charge in [-0.1, -0.05) is 29.8 Å². The molecule has 2 saturated heterocycles. The number of aliphatic hydroxyl groups excluding tert-OH is 1. The van der Waals surface area contributed by atoms with Crippen molar-refractivity contribution in [2.75, 3.05) is 32.7 Å². The van der Waals surface area contributed by atoms with E-state index in [4.69, 9.17) is 0 Å². The Balaban J connectivity index is 1.47. The smallest absolute Gasteiger partial charge is 0.225 e. The van der Waals surface area contributed by atoms with E-state index in [9.17, 15) is 9.90 Å². The zero-order valence-corrected chi connectivity index (χ0v) is 14.1. The molecule has 1 N–H and O–H groups in total. The second kappa shape index (κ2) is 7.45. The largest absolute Gasteiger partial charge is 0.387 e. The zero-order chi connectivity index (χ0) is 16.2. The monoisotopic (exact) mass is 316 g/mol. The average molecular weight is 316 g/mol. The van der Waals surface area contributed by atoms with Crippen LogP contribution in [0.2, 0.25) is 0 Å². The summed E-state index contributed by atoms with van der Waals surface area (Å²) < 4.78 is 0. The van der Waals surface area contributed by atoms with Gasteiger partial charge in [0.25, 0.3) is 0 Å². The van der Waals surface area contributed by atoms with E-state index in [1.54, 1.807) is 0 Å². The molecule has 2 aliphatic heterocycles. The number of nitrogens with zero attached hydrogens (tertiary/aromatic N) is 2. The molecule has 1 atom stereocenters. The molecule has 4 heteroatoms. The number of carbonyl (C=O) groups excluding carboxylic acids is 1. The van der Waals surface area contributed by atoms with Crippen molar-refractivity contribution >= 4 is 5.91 Å². The minimum atomic E-state index is -0.443. The lowest BCUT2D eigenvalue weighted by Crippen LogP contribution is -2.42. The fourth-order valence-electron chi connectivity index (χ4n) is 3.70. The van der Waals surface area contributed by atoms with Gasteiger partial charge in [-0.05, 0) is 51.3 Å². The van der Waals surface area contributed by atoms with E-state index in [0.717, 1.165) is 57.4 Å². The van der Waals surface area contributed by atoms with Crippen molar-refractivity contribution in [2.24, 2.45) is 5.92 Å². The average Bonchev–Trinajstić information content (AvgIpc) is 3.10. The number of β-amino-alcohol motifs (C(OH)–C–C–N with tert-alkyl or cyclic N) is 1. The van der Waals surface area contributed by atoms with E-state index < -0.39 is 6.10 Å². The number of aliphatic hydroxyl groups is 1. The molecule has 1 amide bonds. The summed E-state index contributed by atoms with van der Waals surface area (Å²) in [5.74, 6) is 0.558. The third-order valence-corrected chi connectivity index (χ3v) is 5.25. The minimum Gasteiger partial charge on any atom is -0.387 e. The molecule has 0 saturated carbocycles. The summed E-state index contributed by atoms with van der Waals surface area (Å²) in [5.41, 5.74) is 2.19. The van der Waals surface area contributed by atoms with E-state index in [-0.39, 0.29) is 5.92 Å². The van der Waals surface area contributed by atoms with Gasteiger partial charge in [0.15, 0.2) is 0 Å². The van der Waals surface area contributed by atoms with Crippen molar-refractivity contribution in [1.29, 1.82) is 0 Å². The van der Waals surface area contributed by atoms with Crippen molar-refractivity contribution < 1.29 is 9.90 Å². The van der Waals surface area contributed by atoms with E-state index in [1.165, 1.54) is 5.56 Å². The Bertz CT molecular complexity index is 515. The molecule has 0 aromatic heterocycles. The number of amides is 1. The molecule has 2 heterocycles. The standard InChI is InChI=1S/C19H28N2O2/c1-15-4-6-16(7-5-15)18(22)14-20-12-8-17(9-13-20)19(23)21-10-2-3-11-21/h4-7,17-18,22H,2-3,8-14H2,1H3. The van der Waals surface area contributed by atoms with E-state index in [1.807, 2.05) is 29.2 Å². The summed E-state index contributed by atoms with van der Waals surface area (Å²) >= 11 is 0. The maximum atomic E-state index is 12.4. The van der Waals surface area contributed by atoms with Gasteiger partial charge in [0, 0.05) is 25.6 Å². The van der Waals surface area contributed by atoms with E-state index in [2.05, 4.69) is 11.8 Å². The number of carbonyl (C=O) groups is 1. The third kappa shape index (κ3) is 4.12. The number of likely N-dealkylation sites (tertiary alicyclic amines) is 2. The first-order valence-electron chi connectivity index (χ1n) is 8.89. The van der Waals surface area contributed by atoms with E-state index in [0.29, 0.717) is 12.5 Å². The second-order valence-electron chi connectivity index (χ2n) is 7.03. The Morgan fingerprint density at radius 2 is 1.74 bits per heavy atom. The van der Waals surface area contributed by atoms with Gasteiger partial charge in [-0.15, -0.1) is 0 Å². The summed E-state index contributed by atoms with van der Waals surface area (Å²) in [6, 6.07) is 8.09. The first-order valence-corrected chi connectivity index (χ1v) is 8.89. The van der Waals surface area contributed by atoms with E-state index >= 15 is 0 Å². The summed E-state index contributed by atoms with van der Waals surface area (Å²) in [6.07, 6.45) is 3.73. The zero-order valence-electron chi connectivity index (χ0n) is 14.1. The van der Waals surface area contributed by atoms with Crippen LogP contribution in [0.25, 0.3) is 0 Å². The number of rotatable bonds is 4. The Morgan fingerprint density at radius 3 is 2.35 bits per heavy atom. The minimum absolute atomic E-state index is 0.195. The Hall–Kier alpha value is -1.39. The maximum Gasteiger partial charge on any atom is 0.225 e. The molecule has 1 aromatic rings. The fourth-order valence-corrected chi connectivity index (χ4v) is 3.70. The predicted molar refractivity (Wildman–Crippen MR) is 91.1 cm³/mol. The highest BCUT2D eigenvalue weighted by atomic mass is 16.3. The summed E-state index contributed by atoms with van der Waals surface area (Å²) in [7, 11) is 0. The van der Waals surface area contributed by atoms with Crippen LogP contribution in [0.3, 0.4) is 0 Å². The Labute approximate surface area is 139 Å². The maximum absolute atomic E-state index is 12.4. The van der Waals surface area contributed by atoms with Crippen molar-refractivity contribution in [2.45, 2.75) is 38.7 Å². The summed E-state index contributed by atoms with van der Waals surface area (Å²) in [4.78, 5) is 16.8. The van der Waals surface area contributed by atoms with Crippen LogP contribution in [0.5, 0.6) is 0 Å². The van der Waals surface area contributed by atoms with Crippen LogP contribution in [0, 0.1) is 12.8 Å². The Kier molecular flexibility index (Phi) is 5.34. The van der Waals surface area contributed by atoms with Crippen molar-refractivity contribution in [3.05, 3.63) is 35.4 Å². The molecular weight excluding hydrogens is 288 g/mol. The molecule has 1 unspecified atom stereocenters. The topological polar surface area (TPSA) is 43.8 Å². The molecule has 0 aliphatic carbocycles. The number of hydrogen-bond donors (Lipinski definition) is 1. The lowest BCUT2D eigenvalue weighted by Gasteiger charge is -2.34. The molecule has 1 aromatic carbocycles. The van der Waals surface area contributed by atoms with Gasteiger partial charge in [-0.3, -0.25) is 4.79 Å². The van der Waals surface area contributed by atoms with Crippen molar-refractivity contribution in [1.82, 2.24) is 9.80 Å². The second-order valence-corrected chi connectivity index (χ2v) is 7.03. The molecule has 3 rings (SSSR count). The molecule has 2 fully saturated rings. The van der Waals surface area contributed by atoms with Gasteiger partial charge in [0.05, 0.1) is 6.10 Å². The lowest BCUT2D eigenvalue weighted by atomic mass is 9.94. The third-order valence-electron chi connectivity index (χ3n) is 5.25. The molecule has 126 valence electrons. The van der Waals surface area contributed by atoms with Gasteiger partial charge < -0.3 is 14.9 Å². The van der Waals surface area contributed by atoms with Crippen LogP contribution in [0.15, 0.2) is 24.3 Å². The SMILES string of the molecule is Cc1ccc(C(O)CN2CCC(C(=O)N3CCCC3)CC2)cc1. The highest BCUT2D eigenvalue weighted by Crippen LogP contribution is 2.24. The molecule has 23 heavy (non-hydrogen) atoms. The normalized spacial score (nSPS) is 21.6. The number of benzene rings is 1.